The van der Waals surface area contributed by atoms with Crippen LogP contribution in [0.1, 0.15) is 11.7 Å². The minimum atomic E-state index is -4.76. The fraction of sp³-hybridized carbons (Fsp3) is 0.167. The minimum absolute atomic E-state index is 0.0116. The summed E-state index contributed by atoms with van der Waals surface area (Å²) < 4.78 is 43.0. The molecule has 0 spiro atoms. The van der Waals surface area contributed by atoms with Crippen LogP contribution in [0, 0.1) is 0 Å². The van der Waals surface area contributed by atoms with Crippen LogP contribution >= 0.6 is 11.3 Å². The second kappa shape index (κ2) is 4.57. The van der Waals surface area contributed by atoms with E-state index in [1.165, 1.54) is 23.5 Å². The van der Waals surface area contributed by atoms with E-state index in [-0.39, 0.29) is 16.7 Å². The van der Waals surface area contributed by atoms with Crippen molar-refractivity contribution in [3.8, 4) is 10.6 Å². The summed E-state index contributed by atoms with van der Waals surface area (Å²) >= 11 is 1.33. The summed E-state index contributed by atoms with van der Waals surface area (Å²) in [6.07, 6.45) is -4.72. The van der Waals surface area contributed by atoms with Crippen LogP contribution in [0.25, 0.3) is 21.7 Å². The van der Waals surface area contributed by atoms with Gasteiger partial charge in [-0.1, -0.05) is 6.07 Å². The molecule has 1 aromatic carbocycles. The molecule has 2 aromatic heterocycles. The molecule has 2 heterocycles. The van der Waals surface area contributed by atoms with E-state index in [0.29, 0.717) is 10.6 Å². The second-order valence-electron chi connectivity index (χ2n) is 4.01. The van der Waals surface area contributed by atoms with Crippen molar-refractivity contribution in [3.05, 3.63) is 35.7 Å². The highest BCUT2D eigenvalue weighted by Crippen LogP contribution is 2.38. The molecule has 0 saturated heterocycles. The highest BCUT2D eigenvalue weighted by atomic mass is 32.1. The van der Waals surface area contributed by atoms with E-state index >= 15 is 0 Å². The minimum Gasteiger partial charge on any atom is -0.443 e. The van der Waals surface area contributed by atoms with Crippen LogP contribution in [0.4, 0.5) is 13.2 Å². The quantitative estimate of drug-likeness (QED) is 0.786. The molecule has 0 aliphatic heterocycles. The van der Waals surface area contributed by atoms with Gasteiger partial charge in [0.15, 0.2) is 18.1 Å². The summed E-state index contributed by atoms with van der Waals surface area (Å²) in [5.74, 6) is 0. The van der Waals surface area contributed by atoms with Gasteiger partial charge in [-0.2, -0.15) is 13.2 Å². The summed E-state index contributed by atoms with van der Waals surface area (Å²) in [6, 6.07) is 2.64. The lowest BCUT2D eigenvalue weighted by molar-refractivity contribution is -0.206. The first kappa shape index (κ1) is 13.1. The zero-order valence-electron chi connectivity index (χ0n) is 9.76. The van der Waals surface area contributed by atoms with Crippen LogP contribution in [0.2, 0.25) is 0 Å². The Labute approximate surface area is 114 Å². The lowest BCUT2D eigenvalue weighted by atomic mass is 10.0. The molecule has 0 fully saturated rings. The average molecular weight is 300 g/mol. The molecule has 8 heteroatoms. The highest BCUT2D eigenvalue weighted by molar-refractivity contribution is 7.13. The van der Waals surface area contributed by atoms with Crippen molar-refractivity contribution in [2.45, 2.75) is 12.3 Å². The van der Waals surface area contributed by atoms with E-state index in [2.05, 4.69) is 9.97 Å². The third-order valence-corrected chi connectivity index (χ3v) is 3.59. The van der Waals surface area contributed by atoms with Gasteiger partial charge in [0, 0.05) is 17.1 Å². The fourth-order valence-corrected chi connectivity index (χ4v) is 2.55. The molecule has 0 bridgehead atoms. The molecule has 20 heavy (non-hydrogen) atoms. The molecule has 104 valence electrons. The number of nitrogens with zero attached hydrogens (tertiary/aromatic N) is 2. The van der Waals surface area contributed by atoms with E-state index in [9.17, 15) is 18.3 Å². The van der Waals surface area contributed by atoms with Crippen molar-refractivity contribution < 1.29 is 22.7 Å². The molecule has 1 N–H and O–H groups in total. The number of hydrogen-bond acceptors (Lipinski definition) is 5. The predicted molar refractivity (Wildman–Crippen MR) is 66.1 cm³/mol. The van der Waals surface area contributed by atoms with Gasteiger partial charge in [-0.25, -0.2) is 9.97 Å². The highest BCUT2D eigenvalue weighted by Gasteiger charge is 2.41. The number of halogens is 3. The van der Waals surface area contributed by atoms with Crippen LogP contribution in [0.5, 0.6) is 0 Å². The molecule has 1 unspecified atom stereocenters. The van der Waals surface area contributed by atoms with Crippen molar-refractivity contribution in [1.29, 1.82) is 0 Å². The predicted octanol–water partition coefficient (Wildman–Crippen LogP) is 3.55. The van der Waals surface area contributed by atoms with E-state index in [0.717, 1.165) is 6.39 Å². The van der Waals surface area contributed by atoms with Gasteiger partial charge in [0.1, 0.15) is 10.5 Å². The van der Waals surface area contributed by atoms with Crippen LogP contribution in [-0.2, 0) is 0 Å². The maximum atomic E-state index is 12.6. The van der Waals surface area contributed by atoms with Gasteiger partial charge >= 0.3 is 6.18 Å². The molecule has 1 atom stereocenters. The Kier molecular flexibility index (Phi) is 2.98. The van der Waals surface area contributed by atoms with Gasteiger partial charge in [0.2, 0.25) is 0 Å². The number of alkyl halides is 3. The van der Waals surface area contributed by atoms with Gasteiger partial charge in [-0.05, 0) is 6.07 Å². The number of rotatable bonds is 2. The molecular weight excluding hydrogens is 293 g/mol. The third kappa shape index (κ3) is 2.06. The van der Waals surface area contributed by atoms with E-state index < -0.39 is 12.3 Å². The number of hydrogen-bond donors (Lipinski definition) is 1. The molecule has 0 radical (unpaired) electrons. The molecule has 0 saturated carbocycles. The van der Waals surface area contributed by atoms with Gasteiger partial charge in [0.25, 0.3) is 0 Å². The number of aliphatic hydroxyl groups is 1. The Morgan fingerprint density at radius 2 is 2.05 bits per heavy atom. The van der Waals surface area contributed by atoms with Gasteiger partial charge < -0.3 is 9.52 Å². The largest absolute Gasteiger partial charge is 0.443 e. The number of thiazole rings is 1. The number of aromatic nitrogens is 2. The monoisotopic (exact) mass is 300 g/mol. The third-order valence-electron chi connectivity index (χ3n) is 2.78. The molecule has 0 amide bonds. The summed E-state index contributed by atoms with van der Waals surface area (Å²) in [6.45, 7) is 0. The SMILES string of the molecule is OC(c1ccc(-c2nccs2)c2ocnc12)C(F)(F)F. The Morgan fingerprint density at radius 3 is 2.70 bits per heavy atom. The van der Waals surface area contributed by atoms with Crippen molar-refractivity contribution >= 4 is 22.4 Å². The Balaban J connectivity index is 2.20. The lowest BCUT2D eigenvalue weighted by Crippen LogP contribution is -2.20. The lowest BCUT2D eigenvalue weighted by Gasteiger charge is -2.15. The maximum absolute atomic E-state index is 12.6. The number of benzene rings is 1. The molecule has 4 nitrogen and oxygen atoms in total. The first-order valence-corrected chi connectivity index (χ1v) is 6.37. The molecule has 3 aromatic rings. The van der Waals surface area contributed by atoms with E-state index in [4.69, 9.17) is 4.42 Å². The van der Waals surface area contributed by atoms with E-state index in [1.54, 1.807) is 11.6 Å². The van der Waals surface area contributed by atoms with Crippen LogP contribution in [0.15, 0.2) is 34.5 Å². The van der Waals surface area contributed by atoms with Crippen LogP contribution in [-0.4, -0.2) is 21.3 Å². The Hall–Kier alpha value is -1.93. The van der Waals surface area contributed by atoms with Crippen molar-refractivity contribution in [1.82, 2.24) is 9.97 Å². The van der Waals surface area contributed by atoms with Crippen LogP contribution < -0.4 is 0 Å². The number of oxazole rings is 1. The molecule has 0 aliphatic carbocycles. The number of aliphatic hydroxyl groups excluding tert-OH is 1. The normalized spacial score (nSPS) is 13.8. The van der Waals surface area contributed by atoms with Crippen molar-refractivity contribution in [2.24, 2.45) is 0 Å². The van der Waals surface area contributed by atoms with Crippen LogP contribution in [0.3, 0.4) is 0 Å². The fourth-order valence-electron chi connectivity index (χ4n) is 1.89. The number of fused-ring (bicyclic) bond motifs is 1. The summed E-state index contributed by atoms with van der Waals surface area (Å²) in [5.41, 5.74) is 0.385. The molecule has 0 aliphatic rings. The van der Waals surface area contributed by atoms with Crippen molar-refractivity contribution in [3.63, 3.8) is 0 Å². The first-order valence-electron chi connectivity index (χ1n) is 5.49. The van der Waals surface area contributed by atoms with Gasteiger partial charge in [-0.3, -0.25) is 0 Å². The average Bonchev–Trinajstić information content (AvgIpc) is 3.06. The zero-order chi connectivity index (χ0) is 14.3. The first-order chi connectivity index (χ1) is 9.48. The smallest absolute Gasteiger partial charge is 0.418 e. The molecular formula is C12H7F3N2O2S. The topological polar surface area (TPSA) is 59.2 Å². The zero-order valence-corrected chi connectivity index (χ0v) is 10.6. The summed E-state index contributed by atoms with van der Waals surface area (Å²) in [7, 11) is 0. The Morgan fingerprint density at radius 1 is 1.25 bits per heavy atom. The summed E-state index contributed by atoms with van der Waals surface area (Å²) in [5, 5.41) is 11.7. The second-order valence-corrected chi connectivity index (χ2v) is 4.91. The maximum Gasteiger partial charge on any atom is 0.418 e. The van der Waals surface area contributed by atoms with Gasteiger partial charge in [0.05, 0.1) is 5.56 Å². The molecule has 3 rings (SSSR count). The van der Waals surface area contributed by atoms with Gasteiger partial charge in [-0.15, -0.1) is 11.3 Å². The standard InChI is InChI=1S/C12H7F3N2O2S/c13-12(14,15)10(18)6-1-2-7(11-16-3-4-20-11)9-8(6)17-5-19-9/h1-5,10,18H. The van der Waals surface area contributed by atoms with Crippen molar-refractivity contribution in [2.75, 3.05) is 0 Å². The van der Waals surface area contributed by atoms with E-state index in [1.807, 2.05) is 0 Å². The summed E-state index contributed by atoms with van der Waals surface area (Å²) in [4.78, 5) is 7.86. The Bertz CT molecular complexity index is 737.